The highest BCUT2D eigenvalue weighted by atomic mass is 35.5. The molecule has 0 unspecified atom stereocenters. The van der Waals surface area contributed by atoms with E-state index in [1.807, 2.05) is 0 Å². The molecule has 1 N–H and O–H groups in total. The lowest BCUT2D eigenvalue weighted by molar-refractivity contribution is -0.134. The summed E-state index contributed by atoms with van der Waals surface area (Å²) in [7, 11) is 0. The number of benzene rings is 1. The summed E-state index contributed by atoms with van der Waals surface area (Å²) < 4.78 is 0. The van der Waals surface area contributed by atoms with Crippen LogP contribution in [0, 0.1) is 0 Å². The Kier molecular flexibility index (Phi) is 5.63. The second-order valence-corrected chi connectivity index (χ2v) is 5.65. The van der Waals surface area contributed by atoms with Crippen LogP contribution in [0.2, 0.25) is 10.0 Å². The first-order valence-electron chi connectivity index (χ1n) is 6.71. The minimum Gasteiger partial charge on any atom is -0.343 e. The fourth-order valence-corrected chi connectivity index (χ4v) is 2.38. The molecular weight excluding hydrogens is 329 g/mol. The van der Waals surface area contributed by atoms with Gasteiger partial charge in [-0.05, 0) is 18.2 Å². The van der Waals surface area contributed by atoms with Crippen molar-refractivity contribution in [1.29, 1.82) is 0 Å². The van der Waals surface area contributed by atoms with E-state index in [1.54, 1.807) is 9.80 Å². The van der Waals surface area contributed by atoms with Crippen LogP contribution in [0.5, 0.6) is 0 Å². The van der Waals surface area contributed by atoms with Crippen LogP contribution in [0.3, 0.4) is 0 Å². The Labute approximate surface area is 138 Å². The van der Waals surface area contributed by atoms with Gasteiger partial charge in [-0.3, -0.25) is 14.4 Å². The van der Waals surface area contributed by atoms with Crippen molar-refractivity contribution in [2.24, 2.45) is 0 Å². The number of carbonyl (C=O) groups excluding carboxylic acids is 3. The Hall–Kier alpha value is -1.79. The zero-order valence-corrected chi connectivity index (χ0v) is 13.2. The zero-order chi connectivity index (χ0) is 16.1. The number of rotatable bonds is 4. The number of hydrogen-bond acceptors (Lipinski definition) is 3. The predicted molar refractivity (Wildman–Crippen MR) is 83.0 cm³/mol. The third-order valence-corrected chi connectivity index (χ3v) is 4.14. The van der Waals surface area contributed by atoms with Crippen molar-refractivity contribution in [3.05, 3.63) is 33.8 Å². The van der Waals surface area contributed by atoms with Gasteiger partial charge < -0.3 is 15.1 Å². The largest absolute Gasteiger partial charge is 0.343 e. The molecule has 6 nitrogen and oxygen atoms in total. The molecule has 1 saturated heterocycles. The van der Waals surface area contributed by atoms with Crippen LogP contribution in [0.1, 0.15) is 10.4 Å². The van der Waals surface area contributed by atoms with Gasteiger partial charge in [-0.15, -0.1) is 0 Å². The predicted octanol–water partition coefficient (Wildman–Crippen LogP) is 1.02. The second kappa shape index (κ2) is 7.47. The molecular formula is C14H15Cl2N3O3. The molecule has 0 aliphatic carbocycles. The highest BCUT2D eigenvalue weighted by Gasteiger charge is 2.20. The minimum absolute atomic E-state index is 0.0971. The first kappa shape index (κ1) is 16.6. The minimum atomic E-state index is -0.390. The number of halogens is 2. The first-order chi connectivity index (χ1) is 10.5. The first-order valence-corrected chi connectivity index (χ1v) is 7.47. The third-order valence-electron chi connectivity index (χ3n) is 3.40. The van der Waals surface area contributed by atoms with E-state index in [2.05, 4.69) is 5.32 Å². The third kappa shape index (κ3) is 4.11. The summed E-state index contributed by atoms with van der Waals surface area (Å²) in [5, 5.41) is 3.20. The fourth-order valence-electron chi connectivity index (χ4n) is 2.08. The molecule has 0 aromatic heterocycles. The molecule has 2 rings (SSSR count). The highest BCUT2D eigenvalue weighted by molar-refractivity contribution is 6.42. The summed E-state index contributed by atoms with van der Waals surface area (Å²) in [5.41, 5.74) is 0.341. The quantitative estimate of drug-likeness (QED) is 0.830. The lowest BCUT2D eigenvalue weighted by Gasteiger charge is -2.32. The van der Waals surface area contributed by atoms with Gasteiger partial charge in [-0.2, -0.15) is 0 Å². The number of nitrogens with zero attached hydrogens (tertiary/aromatic N) is 2. The average Bonchev–Trinajstić information content (AvgIpc) is 2.54. The number of amides is 3. The van der Waals surface area contributed by atoms with Gasteiger partial charge in [0.2, 0.25) is 12.3 Å². The van der Waals surface area contributed by atoms with E-state index in [0.29, 0.717) is 36.8 Å². The molecule has 0 radical (unpaired) electrons. The van der Waals surface area contributed by atoms with Crippen molar-refractivity contribution in [1.82, 2.24) is 15.1 Å². The van der Waals surface area contributed by atoms with Gasteiger partial charge in [0.1, 0.15) is 0 Å². The van der Waals surface area contributed by atoms with Gasteiger partial charge in [-0.1, -0.05) is 23.2 Å². The number of piperazine rings is 1. The molecule has 1 fully saturated rings. The molecule has 0 atom stereocenters. The molecule has 118 valence electrons. The molecule has 22 heavy (non-hydrogen) atoms. The summed E-state index contributed by atoms with van der Waals surface area (Å²) in [5.74, 6) is -0.572. The fraction of sp³-hybridized carbons (Fsp3) is 0.357. The Morgan fingerprint density at radius 1 is 1.14 bits per heavy atom. The Morgan fingerprint density at radius 2 is 1.82 bits per heavy atom. The van der Waals surface area contributed by atoms with E-state index in [1.165, 1.54) is 18.2 Å². The number of carbonyl (C=O) groups is 3. The SMILES string of the molecule is O=CN1CCN(C(=O)CNC(=O)c2ccc(Cl)c(Cl)c2)CC1. The second-order valence-electron chi connectivity index (χ2n) is 4.83. The monoisotopic (exact) mass is 343 g/mol. The normalized spacial score (nSPS) is 14.6. The topological polar surface area (TPSA) is 69.7 Å². The molecule has 1 heterocycles. The molecule has 0 saturated carbocycles. The number of hydrogen-bond donors (Lipinski definition) is 1. The lowest BCUT2D eigenvalue weighted by Crippen LogP contribution is -2.50. The van der Waals surface area contributed by atoms with E-state index in [-0.39, 0.29) is 17.5 Å². The number of nitrogens with one attached hydrogen (secondary N) is 1. The van der Waals surface area contributed by atoms with E-state index in [0.717, 1.165) is 6.41 Å². The van der Waals surface area contributed by atoms with Crippen LogP contribution in [-0.2, 0) is 9.59 Å². The Bertz CT molecular complexity index is 587. The van der Waals surface area contributed by atoms with E-state index in [4.69, 9.17) is 23.2 Å². The maximum Gasteiger partial charge on any atom is 0.251 e. The lowest BCUT2D eigenvalue weighted by atomic mass is 10.2. The molecule has 1 aromatic carbocycles. The van der Waals surface area contributed by atoms with Crippen molar-refractivity contribution in [3.8, 4) is 0 Å². The van der Waals surface area contributed by atoms with Gasteiger partial charge in [0, 0.05) is 31.7 Å². The van der Waals surface area contributed by atoms with Crippen LogP contribution in [0.15, 0.2) is 18.2 Å². The van der Waals surface area contributed by atoms with E-state index < -0.39 is 5.91 Å². The Morgan fingerprint density at radius 3 is 2.41 bits per heavy atom. The van der Waals surface area contributed by atoms with Crippen molar-refractivity contribution >= 4 is 41.4 Å². The average molecular weight is 344 g/mol. The summed E-state index contributed by atoms with van der Waals surface area (Å²) in [6.07, 6.45) is 0.772. The summed E-state index contributed by atoms with van der Waals surface area (Å²) in [4.78, 5) is 37.8. The van der Waals surface area contributed by atoms with Crippen molar-refractivity contribution < 1.29 is 14.4 Å². The van der Waals surface area contributed by atoms with Crippen molar-refractivity contribution in [2.45, 2.75) is 0 Å². The standard InChI is InChI=1S/C14H15Cl2N3O3/c15-11-2-1-10(7-12(11)16)14(22)17-8-13(21)19-5-3-18(9-20)4-6-19/h1-2,7,9H,3-6,8H2,(H,17,22). The van der Waals surface area contributed by atoms with Crippen LogP contribution < -0.4 is 5.32 Å². The summed E-state index contributed by atoms with van der Waals surface area (Å²) in [6.45, 7) is 1.87. The van der Waals surface area contributed by atoms with E-state index >= 15 is 0 Å². The van der Waals surface area contributed by atoms with E-state index in [9.17, 15) is 14.4 Å². The molecule has 1 aromatic rings. The molecule has 0 bridgehead atoms. The molecule has 1 aliphatic rings. The van der Waals surface area contributed by atoms with Crippen LogP contribution in [0.4, 0.5) is 0 Å². The van der Waals surface area contributed by atoms with Crippen LogP contribution >= 0.6 is 23.2 Å². The molecule has 8 heteroatoms. The van der Waals surface area contributed by atoms with Crippen molar-refractivity contribution in [3.63, 3.8) is 0 Å². The highest BCUT2D eigenvalue weighted by Crippen LogP contribution is 2.22. The smallest absolute Gasteiger partial charge is 0.251 e. The van der Waals surface area contributed by atoms with Crippen molar-refractivity contribution in [2.75, 3.05) is 32.7 Å². The van der Waals surface area contributed by atoms with Crippen LogP contribution in [-0.4, -0.2) is 60.7 Å². The summed E-state index contributed by atoms with van der Waals surface area (Å²) in [6, 6.07) is 4.52. The zero-order valence-electron chi connectivity index (χ0n) is 11.7. The van der Waals surface area contributed by atoms with Gasteiger partial charge in [0.15, 0.2) is 0 Å². The summed E-state index contributed by atoms with van der Waals surface area (Å²) >= 11 is 11.6. The maximum atomic E-state index is 12.0. The maximum absolute atomic E-state index is 12.0. The van der Waals surface area contributed by atoms with Gasteiger partial charge >= 0.3 is 0 Å². The van der Waals surface area contributed by atoms with Crippen LogP contribution in [0.25, 0.3) is 0 Å². The van der Waals surface area contributed by atoms with Gasteiger partial charge in [-0.25, -0.2) is 0 Å². The Balaban J connectivity index is 1.84. The molecule has 3 amide bonds. The molecule has 1 aliphatic heterocycles. The van der Waals surface area contributed by atoms with Gasteiger partial charge in [0.05, 0.1) is 16.6 Å². The van der Waals surface area contributed by atoms with Gasteiger partial charge in [0.25, 0.3) is 5.91 Å². The molecule has 0 spiro atoms.